The third-order valence-electron chi connectivity index (χ3n) is 4.77. The van der Waals surface area contributed by atoms with Gasteiger partial charge < -0.3 is 9.47 Å². The van der Waals surface area contributed by atoms with Gasteiger partial charge in [-0.05, 0) is 25.0 Å². The van der Waals surface area contributed by atoms with Crippen LogP contribution in [0.3, 0.4) is 0 Å². The molecule has 0 radical (unpaired) electrons. The van der Waals surface area contributed by atoms with Gasteiger partial charge in [0, 0.05) is 12.8 Å². The topological polar surface area (TPSA) is 52.6 Å². The van der Waals surface area contributed by atoms with E-state index >= 15 is 0 Å². The largest absolute Gasteiger partial charge is 0.423 e. The van der Waals surface area contributed by atoms with E-state index in [9.17, 15) is 9.59 Å². The average Bonchev–Trinajstić information content (AvgIpc) is 2.69. The minimum atomic E-state index is -0.269. The Labute approximate surface area is 171 Å². The van der Waals surface area contributed by atoms with Gasteiger partial charge in [0.15, 0.2) is 11.5 Å². The zero-order valence-corrected chi connectivity index (χ0v) is 17.8. The van der Waals surface area contributed by atoms with E-state index in [1.165, 1.54) is 38.5 Å². The summed E-state index contributed by atoms with van der Waals surface area (Å²) in [5, 5.41) is 0. The van der Waals surface area contributed by atoms with Crippen LogP contribution in [0, 0.1) is 0 Å². The van der Waals surface area contributed by atoms with E-state index in [1.54, 1.807) is 24.3 Å². The van der Waals surface area contributed by atoms with Crippen LogP contribution in [-0.4, -0.2) is 11.9 Å². The second-order valence-electron chi connectivity index (χ2n) is 7.43. The van der Waals surface area contributed by atoms with Crippen LogP contribution in [0.15, 0.2) is 24.3 Å². The quantitative estimate of drug-likeness (QED) is 0.173. The van der Waals surface area contributed by atoms with Crippen LogP contribution in [0.2, 0.25) is 0 Å². The molecule has 0 aliphatic carbocycles. The van der Waals surface area contributed by atoms with Gasteiger partial charge in [0.2, 0.25) is 0 Å². The van der Waals surface area contributed by atoms with Gasteiger partial charge in [0.25, 0.3) is 0 Å². The molecule has 0 amide bonds. The zero-order valence-electron chi connectivity index (χ0n) is 17.8. The van der Waals surface area contributed by atoms with E-state index in [0.29, 0.717) is 24.3 Å². The predicted octanol–water partition coefficient (Wildman–Crippen LogP) is 7.00. The van der Waals surface area contributed by atoms with Gasteiger partial charge in [-0.2, -0.15) is 0 Å². The van der Waals surface area contributed by atoms with Gasteiger partial charge in [-0.25, -0.2) is 0 Å². The lowest BCUT2D eigenvalue weighted by Gasteiger charge is -2.10. The molecular weight excluding hydrogens is 352 g/mol. The summed E-state index contributed by atoms with van der Waals surface area (Å²) in [6, 6.07) is 6.90. The zero-order chi connectivity index (χ0) is 20.5. The van der Waals surface area contributed by atoms with E-state index in [0.717, 1.165) is 38.5 Å². The molecule has 158 valence electrons. The highest BCUT2D eigenvalue weighted by atomic mass is 16.6. The molecule has 0 saturated carbocycles. The molecule has 0 saturated heterocycles. The highest BCUT2D eigenvalue weighted by Crippen LogP contribution is 2.27. The Kier molecular flexibility index (Phi) is 14.0. The number of hydrogen-bond donors (Lipinski definition) is 0. The molecule has 0 spiro atoms. The van der Waals surface area contributed by atoms with Crippen molar-refractivity contribution in [2.24, 2.45) is 0 Å². The van der Waals surface area contributed by atoms with Crippen LogP contribution >= 0.6 is 0 Å². The average molecular weight is 391 g/mol. The van der Waals surface area contributed by atoms with Crippen molar-refractivity contribution in [1.82, 2.24) is 0 Å². The van der Waals surface area contributed by atoms with Gasteiger partial charge >= 0.3 is 11.9 Å². The van der Waals surface area contributed by atoms with E-state index in [4.69, 9.17) is 9.47 Å². The van der Waals surface area contributed by atoms with Crippen LogP contribution in [0.4, 0.5) is 0 Å². The molecule has 1 aromatic rings. The van der Waals surface area contributed by atoms with E-state index in [2.05, 4.69) is 13.8 Å². The fourth-order valence-electron chi connectivity index (χ4n) is 3.07. The van der Waals surface area contributed by atoms with E-state index in [-0.39, 0.29) is 11.9 Å². The second kappa shape index (κ2) is 16.1. The smallest absolute Gasteiger partial charge is 0.311 e. The summed E-state index contributed by atoms with van der Waals surface area (Å²) in [4.78, 5) is 24.1. The lowest BCUT2D eigenvalue weighted by Crippen LogP contribution is -2.12. The molecule has 4 nitrogen and oxygen atoms in total. The molecule has 0 bridgehead atoms. The van der Waals surface area contributed by atoms with Gasteiger partial charge in [0.05, 0.1) is 0 Å². The number of rotatable bonds is 16. The molecule has 1 rings (SSSR count). The number of esters is 2. The molecule has 4 heteroatoms. The summed E-state index contributed by atoms with van der Waals surface area (Å²) >= 11 is 0. The van der Waals surface area contributed by atoms with E-state index in [1.807, 2.05) is 0 Å². The lowest BCUT2D eigenvalue weighted by atomic mass is 10.1. The molecule has 0 unspecified atom stereocenters. The maximum Gasteiger partial charge on any atom is 0.311 e. The van der Waals surface area contributed by atoms with Crippen molar-refractivity contribution in [3.05, 3.63) is 24.3 Å². The fourth-order valence-corrected chi connectivity index (χ4v) is 3.07. The van der Waals surface area contributed by atoms with E-state index < -0.39 is 0 Å². The van der Waals surface area contributed by atoms with Crippen molar-refractivity contribution in [3.63, 3.8) is 0 Å². The van der Waals surface area contributed by atoms with Gasteiger partial charge in [0.1, 0.15) is 0 Å². The first-order valence-corrected chi connectivity index (χ1v) is 11.2. The van der Waals surface area contributed by atoms with Crippen LogP contribution in [0.25, 0.3) is 0 Å². The second-order valence-corrected chi connectivity index (χ2v) is 7.43. The Morgan fingerprint density at radius 1 is 0.607 bits per heavy atom. The van der Waals surface area contributed by atoms with Crippen LogP contribution in [0.5, 0.6) is 11.5 Å². The molecule has 28 heavy (non-hydrogen) atoms. The Morgan fingerprint density at radius 2 is 0.964 bits per heavy atom. The maximum atomic E-state index is 12.1. The summed E-state index contributed by atoms with van der Waals surface area (Å²) in [5.74, 6) is 0.120. The molecule has 1 aromatic carbocycles. The number of carbonyl (C=O) groups is 2. The highest BCUT2D eigenvalue weighted by Gasteiger charge is 2.13. The number of carbonyl (C=O) groups excluding carboxylic acids is 2. The van der Waals surface area contributed by atoms with Crippen LogP contribution in [0.1, 0.15) is 104 Å². The Balaban J connectivity index is 2.32. The molecular formula is C24H38O4. The Bertz CT molecular complexity index is 504. The maximum absolute atomic E-state index is 12.1. The lowest BCUT2D eigenvalue weighted by molar-refractivity contribution is -0.137. The van der Waals surface area contributed by atoms with Crippen molar-refractivity contribution in [2.75, 3.05) is 0 Å². The molecule has 0 heterocycles. The number of hydrogen-bond acceptors (Lipinski definition) is 4. The van der Waals surface area contributed by atoms with Gasteiger partial charge in [-0.3, -0.25) is 9.59 Å². The molecule has 0 atom stereocenters. The fraction of sp³-hybridized carbons (Fsp3) is 0.667. The summed E-state index contributed by atoms with van der Waals surface area (Å²) < 4.78 is 10.9. The van der Waals surface area contributed by atoms with Crippen LogP contribution in [-0.2, 0) is 9.59 Å². The standard InChI is InChI=1S/C24H38O4/c1-3-5-7-9-11-13-19-23(25)27-21-17-15-16-18-22(21)28-24(26)20-14-12-10-8-6-4-2/h15-18H,3-14,19-20H2,1-2H3. The predicted molar refractivity (Wildman–Crippen MR) is 114 cm³/mol. The van der Waals surface area contributed by atoms with Crippen LogP contribution < -0.4 is 9.47 Å². The molecule has 0 aromatic heterocycles. The first-order chi connectivity index (χ1) is 13.7. The number of para-hydroxylation sites is 2. The van der Waals surface area contributed by atoms with Crippen molar-refractivity contribution in [2.45, 2.75) is 104 Å². The number of unbranched alkanes of at least 4 members (excludes halogenated alkanes) is 10. The van der Waals surface area contributed by atoms with Crippen molar-refractivity contribution >= 4 is 11.9 Å². The molecule has 0 fully saturated rings. The minimum Gasteiger partial charge on any atom is -0.423 e. The van der Waals surface area contributed by atoms with Gasteiger partial charge in [-0.15, -0.1) is 0 Å². The summed E-state index contributed by atoms with van der Waals surface area (Å²) in [5.41, 5.74) is 0. The minimum absolute atomic E-state index is 0.269. The Hall–Kier alpha value is -1.84. The summed E-state index contributed by atoms with van der Waals surface area (Å²) in [7, 11) is 0. The van der Waals surface area contributed by atoms with Gasteiger partial charge in [-0.1, -0.05) is 90.2 Å². The van der Waals surface area contributed by atoms with Crippen molar-refractivity contribution in [1.29, 1.82) is 0 Å². The monoisotopic (exact) mass is 390 g/mol. The summed E-state index contributed by atoms with van der Waals surface area (Å²) in [6.07, 6.45) is 14.3. The SMILES string of the molecule is CCCCCCCCC(=O)Oc1ccccc1OC(=O)CCCCCCCC. The Morgan fingerprint density at radius 3 is 1.36 bits per heavy atom. The van der Waals surface area contributed by atoms with Crippen molar-refractivity contribution < 1.29 is 19.1 Å². The van der Waals surface area contributed by atoms with Crippen molar-refractivity contribution in [3.8, 4) is 11.5 Å². The molecule has 0 N–H and O–H groups in total. The number of ether oxygens (including phenoxy) is 2. The molecule has 0 aliphatic heterocycles. The summed E-state index contributed by atoms with van der Waals surface area (Å²) in [6.45, 7) is 4.38. The first-order valence-electron chi connectivity index (χ1n) is 11.2. The highest BCUT2D eigenvalue weighted by molar-refractivity contribution is 5.76. The third-order valence-corrected chi connectivity index (χ3v) is 4.77. The third kappa shape index (κ3) is 11.8. The molecule has 0 aliphatic rings. The number of benzene rings is 1. The normalized spacial score (nSPS) is 10.6. The first kappa shape index (κ1) is 24.2.